The highest BCUT2D eigenvalue weighted by molar-refractivity contribution is 9.10. The largest absolute Gasteiger partial charge is 0.324 e. The van der Waals surface area contributed by atoms with Crippen molar-refractivity contribution < 1.29 is 4.79 Å². The van der Waals surface area contributed by atoms with E-state index in [1.165, 1.54) is 0 Å². The molecule has 1 rings (SSSR count). The van der Waals surface area contributed by atoms with Crippen LogP contribution in [0, 0.1) is 12.8 Å². The summed E-state index contributed by atoms with van der Waals surface area (Å²) in [7, 11) is 0. The molecule has 0 bridgehead atoms. The minimum absolute atomic E-state index is 0.0127. The summed E-state index contributed by atoms with van der Waals surface area (Å²) in [5.74, 6) is 0.255. The number of halogens is 2. The molecular weight excluding hydrogens is 334 g/mol. The van der Waals surface area contributed by atoms with E-state index in [1.54, 1.807) is 0 Å². The monoisotopic (exact) mass is 347 g/mol. The van der Waals surface area contributed by atoms with Crippen LogP contribution in [0.4, 0.5) is 5.69 Å². The highest BCUT2D eigenvalue weighted by atomic mass is 79.9. The molecule has 0 radical (unpaired) electrons. The molecule has 1 aromatic carbocycles. The Morgan fingerprint density at radius 1 is 1.38 bits per heavy atom. The van der Waals surface area contributed by atoms with Crippen LogP contribution < -0.4 is 5.32 Å². The Kier molecular flexibility index (Phi) is 4.99. The minimum Gasteiger partial charge on any atom is -0.324 e. The number of carbonyl (C=O) groups excluding carboxylic acids is 1. The lowest BCUT2D eigenvalue weighted by Gasteiger charge is -2.15. The molecule has 0 aromatic heterocycles. The van der Waals surface area contributed by atoms with Gasteiger partial charge >= 0.3 is 0 Å². The molecule has 0 aliphatic carbocycles. The quantitative estimate of drug-likeness (QED) is 0.818. The van der Waals surface area contributed by atoms with Crippen molar-refractivity contribution in [3.05, 3.63) is 28.2 Å². The molecule has 2 nitrogen and oxygen atoms in total. The van der Waals surface area contributed by atoms with Crippen molar-refractivity contribution in [1.82, 2.24) is 0 Å². The molecule has 0 heterocycles. The molecular formula is C12H15Br2NO. The number of rotatable bonds is 3. The van der Waals surface area contributed by atoms with Gasteiger partial charge in [0.1, 0.15) is 0 Å². The number of aryl methyl sites for hydroxylation is 1. The zero-order chi connectivity index (χ0) is 12.3. The number of carbonyl (C=O) groups is 1. The van der Waals surface area contributed by atoms with Crippen molar-refractivity contribution in [2.24, 2.45) is 5.92 Å². The highest BCUT2D eigenvalue weighted by Gasteiger charge is 2.19. The van der Waals surface area contributed by atoms with Gasteiger partial charge in [-0.25, -0.2) is 0 Å². The van der Waals surface area contributed by atoms with Crippen LogP contribution in [0.15, 0.2) is 22.7 Å². The third-order valence-corrected chi connectivity index (χ3v) is 4.81. The topological polar surface area (TPSA) is 29.1 Å². The first kappa shape index (κ1) is 13.7. The van der Waals surface area contributed by atoms with Crippen molar-refractivity contribution in [3.8, 4) is 0 Å². The smallest absolute Gasteiger partial charge is 0.238 e. The van der Waals surface area contributed by atoms with Gasteiger partial charge in [0.25, 0.3) is 0 Å². The molecule has 1 unspecified atom stereocenters. The van der Waals surface area contributed by atoms with Gasteiger partial charge in [0.15, 0.2) is 0 Å². The second-order valence-electron chi connectivity index (χ2n) is 4.07. The maximum atomic E-state index is 11.8. The molecule has 4 heteroatoms. The molecule has 0 saturated heterocycles. The van der Waals surface area contributed by atoms with Gasteiger partial charge in [-0.1, -0.05) is 41.9 Å². The van der Waals surface area contributed by atoms with E-state index in [2.05, 4.69) is 37.2 Å². The highest BCUT2D eigenvalue weighted by Crippen LogP contribution is 2.26. The number of hydrogen-bond acceptors (Lipinski definition) is 1. The van der Waals surface area contributed by atoms with Crippen molar-refractivity contribution in [3.63, 3.8) is 0 Å². The fourth-order valence-corrected chi connectivity index (χ4v) is 1.73. The van der Waals surface area contributed by atoms with E-state index in [1.807, 2.05) is 39.0 Å². The second-order valence-corrected chi connectivity index (χ2v) is 5.85. The summed E-state index contributed by atoms with van der Waals surface area (Å²) >= 11 is 6.85. The van der Waals surface area contributed by atoms with Gasteiger partial charge in [-0.3, -0.25) is 4.79 Å². The third-order valence-electron chi connectivity index (χ3n) is 2.29. The van der Waals surface area contributed by atoms with E-state index in [0.29, 0.717) is 0 Å². The third kappa shape index (κ3) is 3.32. The molecule has 0 spiro atoms. The van der Waals surface area contributed by atoms with E-state index >= 15 is 0 Å². The van der Waals surface area contributed by atoms with Crippen LogP contribution in [0.5, 0.6) is 0 Å². The number of anilines is 1. The zero-order valence-electron chi connectivity index (χ0n) is 9.55. The zero-order valence-corrected chi connectivity index (χ0v) is 12.7. The fourth-order valence-electron chi connectivity index (χ4n) is 1.25. The Labute approximate surface area is 113 Å². The van der Waals surface area contributed by atoms with Crippen LogP contribution in [0.3, 0.4) is 0 Å². The molecule has 88 valence electrons. The molecule has 1 N–H and O–H groups in total. The lowest BCUT2D eigenvalue weighted by atomic mass is 10.1. The van der Waals surface area contributed by atoms with Crippen LogP contribution in [0.25, 0.3) is 0 Å². The van der Waals surface area contributed by atoms with Gasteiger partial charge in [0, 0.05) is 4.47 Å². The van der Waals surface area contributed by atoms with Crippen LogP contribution >= 0.6 is 31.9 Å². The number of amides is 1. The predicted molar refractivity (Wildman–Crippen MR) is 75.1 cm³/mol. The molecule has 1 amide bonds. The van der Waals surface area contributed by atoms with Crippen LogP contribution in [0.2, 0.25) is 0 Å². The van der Waals surface area contributed by atoms with E-state index in [9.17, 15) is 4.79 Å². The summed E-state index contributed by atoms with van der Waals surface area (Å²) < 4.78 is 0.937. The average molecular weight is 349 g/mol. The predicted octanol–water partition coefficient (Wildman–Crippen LogP) is 4.12. The van der Waals surface area contributed by atoms with Crippen molar-refractivity contribution in [2.75, 3.05) is 5.32 Å². The van der Waals surface area contributed by atoms with Crippen LogP contribution in [-0.4, -0.2) is 10.7 Å². The average Bonchev–Trinajstić information content (AvgIpc) is 2.23. The molecule has 1 atom stereocenters. The number of nitrogens with one attached hydrogen (secondary N) is 1. The molecule has 0 aliphatic heterocycles. The van der Waals surface area contributed by atoms with E-state index < -0.39 is 0 Å². The minimum atomic E-state index is -0.167. The van der Waals surface area contributed by atoms with Gasteiger partial charge in [0.05, 0.1) is 10.5 Å². The van der Waals surface area contributed by atoms with Crippen molar-refractivity contribution >= 4 is 43.5 Å². The first-order valence-corrected chi connectivity index (χ1v) is 6.84. The summed E-state index contributed by atoms with van der Waals surface area (Å²) in [5, 5.41) is 2.90. The van der Waals surface area contributed by atoms with Crippen molar-refractivity contribution in [2.45, 2.75) is 25.6 Å². The Hall–Kier alpha value is -0.350. The molecule has 16 heavy (non-hydrogen) atoms. The summed E-state index contributed by atoms with van der Waals surface area (Å²) in [6, 6.07) is 5.80. The standard InChI is InChI=1S/C12H15Br2NO/c1-7(2)10(13)12(16)15-9-6-4-5-8(3)11(9)14/h4-7,10H,1-3H3,(H,15,16). The number of hydrogen-bond donors (Lipinski definition) is 1. The maximum Gasteiger partial charge on any atom is 0.238 e. The van der Waals surface area contributed by atoms with Gasteiger partial charge < -0.3 is 5.32 Å². The van der Waals surface area contributed by atoms with E-state index in [4.69, 9.17) is 0 Å². The summed E-state index contributed by atoms with van der Waals surface area (Å²) in [5.41, 5.74) is 1.92. The Bertz CT molecular complexity index is 391. The normalized spacial score (nSPS) is 12.6. The second kappa shape index (κ2) is 5.82. The Morgan fingerprint density at radius 3 is 2.56 bits per heavy atom. The maximum absolute atomic E-state index is 11.8. The molecule has 1 aromatic rings. The van der Waals surface area contributed by atoms with Crippen LogP contribution in [0.1, 0.15) is 19.4 Å². The first-order valence-electron chi connectivity index (χ1n) is 5.13. The summed E-state index contributed by atoms with van der Waals surface area (Å²) in [6.07, 6.45) is 0. The summed E-state index contributed by atoms with van der Waals surface area (Å²) in [4.78, 5) is 11.7. The van der Waals surface area contributed by atoms with Gasteiger partial charge in [-0.15, -0.1) is 0 Å². The van der Waals surface area contributed by atoms with Gasteiger partial charge in [0.2, 0.25) is 5.91 Å². The fraction of sp³-hybridized carbons (Fsp3) is 0.417. The Balaban J connectivity index is 2.81. The Morgan fingerprint density at radius 2 is 2.00 bits per heavy atom. The molecule has 0 aliphatic rings. The summed E-state index contributed by atoms with van der Waals surface area (Å²) in [6.45, 7) is 6.00. The van der Waals surface area contributed by atoms with Gasteiger partial charge in [-0.2, -0.15) is 0 Å². The van der Waals surface area contributed by atoms with E-state index in [-0.39, 0.29) is 16.7 Å². The van der Waals surface area contributed by atoms with E-state index in [0.717, 1.165) is 15.7 Å². The molecule has 0 fully saturated rings. The number of alkyl halides is 1. The SMILES string of the molecule is Cc1cccc(NC(=O)C(Br)C(C)C)c1Br. The number of benzene rings is 1. The first-order chi connectivity index (χ1) is 7.43. The molecule has 0 saturated carbocycles. The van der Waals surface area contributed by atoms with Crippen molar-refractivity contribution in [1.29, 1.82) is 0 Å². The van der Waals surface area contributed by atoms with Gasteiger partial charge in [-0.05, 0) is 40.4 Å². The van der Waals surface area contributed by atoms with Crippen LogP contribution in [-0.2, 0) is 4.79 Å². The lowest BCUT2D eigenvalue weighted by Crippen LogP contribution is -2.27. The lowest BCUT2D eigenvalue weighted by molar-refractivity contribution is -0.116.